The summed E-state index contributed by atoms with van der Waals surface area (Å²) in [6, 6.07) is 0. The quantitative estimate of drug-likeness (QED) is 0.241. The molecule has 0 spiro atoms. The van der Waals surface area contributed by atoms with Crippen LogP contribution < -0.4 is 34.8 Å². The molecule has 1 aromatic heterocycles. The molecule has 0 N–H and O–H groups in total. The molecule has 6 nitrogen and oxygen atoms in total. The minimum absolute atomic E-state index is 0. The molecule has 0 amide bonds. The zero-order chi connectivity index (χ0) is 11.3. The normalized spacial score (nSPS) is 10.9. The molecule has 0 aliphatic carbocycles. The second kappa shape index (κ2) is 7.70. The zero-order valence-electron chi connectivity index (χ0n) is 8.59. The smallest absolute Gasteiger partial charge is 0.723 e. The van der Waals surface area contributed by atoms with Crippen molar-refractivity contribution in [3.63, 3.8) is 0 Å². The summed E-state index contributed by atoms with van der Waals surface area (Å²) in [7, 11) is -3.33. The largest absolute Gasteiger partial charge is 1.00 e. The van der Waals surface area contributed by atoms with Crippen molar-refractivity contribution in [2.75, 3.05) is 11.1 Å². The molecule has 0 aliphatic rings. The maximum atomic E-state index is 11.5. The third kappa shape index (κ3) is 4.74. The number of aromatic nitrogens is 2. The van der Waals surface area contributed by atoms with E-state index in [2.05, 4.69) is 30.8 Å². The van der Waals surface area contributed by atoms with Gasteiger partial charge in [0.15, 0.2) is 15.7 Å². The van der Waals surface area contributed by atoms with E-state index in [9.17, 15) is 13.7 Å². The Labute approximate surface area is 124 Å². The van der Waals surface area contributed by atoms with Gasteiger partial charge in [-0.1, -0.05) is 15.9 Å². The summed E-state index contributed by atoms with van der Waals surface area (Å²) in [5, 5.41) is 10.1. The van der Waals surface area contributed by atoms with Crippen LogP contribution in [0.5, 0.6) is 0 Å². The summed E-state index contributed by atoms with van der Waals surface area (Å²) >= 11 is 3.04. The SMILES string of the molecule is O=S(=O)(CCBr)c1cnc(CO[O-])nc1.[Na+]. The first-order valence-electron chi connectivity index (χ1n) is 3.94. The molecule has 1 rings (SSSR count). The maximum Gasteiger partial charge on any atom is 1.00 e. The van der Waals surface area contributed by atoms with E-state index in [1.165, 1.54) is 12.4 Å². The van der Waals surface area contributed by atoms with Gasteiger partial charge in [0.2, 0.25) is 0 Å². The van der Waals surface area contributed by atoms with Crippen molar-refractivity contribution in [2.45, 2.75) is 11.5 Å². The molecule has 0 aromatic carbocycles. The van der Waals surface area contributed by atoms with Gasteiger partial charge in [0.1, 0.15) is 4.90 Å². The Morgan fingerprint density at radius 2 is 1.94 bits per heavy atom. The number of sulfone groups is 1. The van der Waals surface area contributed by atoms with Crippen LogP contribution in [0.15, 0.2) is 17.3 Å². The van der Waals surface area contributed by atoms with Gasteiger partial charge in [-0.05, 0) is 0 Å². The third-order valence-corrected chi connectivity index (χ3v) is 4.17. The molecule has 0 atom stereocenters. The Morgan fingerprint density at radius 1 is 1.38 bits per heavy atom. The van der Waals surface area contributed by atoms with E-state index in [0.717, 1.165) is 0 Å². The fourth-order valence-corrected chi connectivity index (χ4v) is 2.99. The van der Waals surface area contributed by atoms with Crippen LogP contribution in [-0.2, 0) is 21.3 Å². The molecule has 0 radical (unpaired) electrons. The van der Waals surface area contributed by atoms with Crippen LogP contribution in [0.4, 0.5) is 0 Å². The van der Waals surface area contributed by atoms with Crippen molar-refractivity contribution < 1.29 is 48.1 Å². The van der Waals surface area contributed by atoms with Crippen molar-refractivity contribution in [2.24, 2.45) is 0 Å². The van der Waals surface area contributed by atoms with Gasteiger partial charge in [0, 0.05) is 17.7 Å². The molecule has 0 fully saturated rings. The Balaban J connectivity index is 0.00000225. The summed E-state index contributed by atoms with van der Waals surface area (Å²) in [4.78, 5) is 11.0. The number of nitrogens with zero attached hydrogens (tertiary/aromatic N) is 2. The minimum Gasteiger partial charge on any atom is -0.723 e. The van der Waals surface area contributed by atoms with Crippen LogP contribution in [0.25, 0.3) is 0 Å². The zero-order valence-corrected chi connectivity index (χ0v) is 13.0. The van der Waals surface area contributed by atoms with Crippen molar-refractivity contribution in [1.82, 2.24) is 9.97 Å². The molecule has 84 valence electrons. The number of hydrogen-bond donors (Lipinski definition) is 0. The minimum atomic E-state index is -3.33. The summed E-state index contributed by atoms with van der Waals surface area (Å²) < 4.78 is 23.0. The van der Waals surface area contributed by atoms with Gasteiger partial charge in [0.25, 0.3) is 0 Å². The Bertz CT molecular complexity index is 411. The van der Waals surface area contributed by atoms with Gasteiger partial charge in [-0.25, -0.2) is 18.4 Å². The number of rotatable bonds is 5. The van der Waals surface area contributed by atoms with E-state index in [1.807, 2.05) is 0 Å². The Hall–Kier alpha value is 0.430. The fraction of sp³-hybridized carbons (Fsp3) is 0.429. The summed E-state index contributed by atoms with van der Waals surface area (Å²) in [5.41, 5.74) is 0. The molecule has 0 bridgehead atoms. The Kier molecular flexibility index (Phi) is 7.90. The van der Waals surface area contributed by atoms with Gasteiger partial charge in [0.05, 0.1) is 12.4 Å². The first kappa shape index (κ1) is 16.4. The number of alkyl halides is 1. The number of halogens is 1. The molecule has 0 saturated heterocycles. The van der Waals surface area contributed by atoms with Gasteiger partial charge in [-0.3, -0.25) is 0 Å². The standard InChI is InChI=1S/C7H9BrN2O4S.Na/c8-1-2-15(12,13)6-3-9-7(5-14-11)10-4-6;/h3-4,11H,1-2,5H2;/q;+1/p-1. The average Bonchev–Trinajstić information content (AvgIpc) is 2.19. The summed E-state index contributed by atoms with van der Waals surface area (Å²) in [5.74, 6) is 0.135. The predicted octanol–water partition coefficient (Wildman–Crippen LogP) is -3.56. The van der Waals surface area contributed by atoms with Gasteiger partial charge in [-0.2, -0.15) is 0 Å². The molecule has 0 unspecified atom stereocenters. The summed E-state index contributed by atoms with van der Waals surface area (Å²) in [6.07, 6.45) is 2.33. The molecular formula is C7H8BrN2NaO4S. The molecule has 0 saturated carbocycles. The fourth-order valence-electron chi connectivity index (χ4n) is 0.850. The van der Waals surface area contributed by atoms with E-state index < -0.39 is 9.84 Å². The van der Waals surface area contributed by atoms with Crippen LogP contribution in [0, 0.1) is 0 Å². The topological polar surface area (TPSA) is 92.2 Å². The first-order chi connectivity index (χ1) is 7.10. The van der Waals surface area contributed by atoms with E-state index in [4.69, 9.17) is 0 Å². The number of hydrogen-bond acceptors (Lipinski definition) is 6. The van der Waals surface area contributed by atoms with Crippen LogP contribution >= 0.6 is 15.9 Å². The third-order valence-electron chi connectivity index (χ3n) is 1.57. The first-order valence-corrected chi connectivity index (χ1v) is 6.72. The predicted molar refractivity (Wildman–Crippen MR) is 52.7 cm³/mol. The monoisotopic (exact) mass is 318 g/mol. The van der Waals surface area contributed by atoms with Gasteiger partial charge in [-0.15, -0.1) is 0 Å². The van der Waals surface area contributed by atoms with E-state index >= 15 is 0 Å². The average molecular weight is 319 g/mol. The second-order valence-corrected chi connectivity index (χ2v) is 5.51. The molecule has 9 heteroatoms. The van der Waals surface area contributed by atoms with E-state index in [-0.39, 0.29) is 52.6 Å². The van der Waals surface area contributed by atoms with Crippen LogP contribution in [0.1, 0.15) is 5.82 Å². The van der Waals surface area contributed by atoms with Crippen molar-refractivity contribution in [3.05, 3.63) is 18.2 Å². The molecule has 16 heavy (non-hydrogen) atoms. The van der Waals surface area contributed by atoms with E-state index in [0.29, 0.717) is 5.33 Å². The molecule has 0 aliphatic heterocycles. The van der Waals surface area contributed by atoms with E-state index in [1.54, 1.807) is 0 Å². The molecule has 1 heterocycles. The Morgan fingerprint density at radius 3 is 2.38 bits per heavy atom. The van der Waals surface area contributed by atoms with Crippen LogP contribution in [-0.4, -0.2) is 29.5 Å². The molecule has 1 aromatic rings. The maximum absolute atomic E-state index is 11.5. The van der Waals surface area contributed by atoms with Crippen molar-refractivity contribution in [1.29, 1.82) is 0 Å². The van der Waals surface area contributed by atoms with Crippen LogP contribution in [0.2, 0.25) is 0 Å². The van der Waals surface area contributed by atoms with Crippen LogP contribution in [0.3, 0.4) is 0 Å². The van der Waals surface area contributed by atoms with Gasteiger partial charge >= 0.3 is 29.6 Å². The van der Waals surface area contributed by atoms with Crippen molar-refractivity contribution >= 4 is 25.8 Å². The summed E-state index contributed by atoms with van der Waals surface area (Å²) in [6.45, 7) is -0.279. The van der Waals surface area contributed by atoms with Crippen molar-refractivity contribution in [3.8, 4) is 0 Å². The van der Waals surface area contributed by atoms with Gasteiger partial charge < -0.3 is 10.1 Å². The molecular weight excluding hydrogens is 311 g/mol. The second-order valence-electron chi connectivity index (χ2n) is 2.61.